The zero-order valence-electron chi connectivity index (χ0n) is 14.8. The number of nitrogens with one attached hydrogen (secondary N) is 2. The number of nitrogens with zero attached hydrogens (tertiary/aromatic N) is 2. The van der Waals surface area contributed by atoms with E-state index in [1.807, 2.05) is 31.2 Å². The van der Waals surface area contributed by atoms with Gasteiger partial charge in [-0.25, -0.2) is 9.59 Å². The predicted octanol–water partition coefficient (Wildman–Crippen LogP) is 2.92. The second kappa shape index (κ2) is 8.32. The number of carbonyl (C=O) groups is 2. The van der Waals surface area contributed by atoms with E-state index in [0.717, 1.165) is 43.2 Å². The molecule has 8 nitrogen and oxygen atoms in total. The van der Waals surface area contributed by atoms with Crippen LogP contribution in [0.1, 0.15) is 17.3 Å². The lowest BCUT2D eigenvalue weighted by molar-refractivity contribution is 0.0697. The Labute approximate surface area is 161 Å². The first-order chi connectivity index (χ1) is 13.0. The average Bonchev–Trinajstić information content (AvgIpc) is 3.10. The fourth-order valence-electron chi connectivity index (χ4n) is 3.06. The van der Waals surface area contributed by atoms with E-state index in [1.54, 1.807) is 0 Å². The van der Waals surface area contributed by atoms with Gasteiger partial charge in [0.1, 0.15) is 18.1 Å². The van der Waals surface area contributed by atoms with Crippen molar-refractivity contribution in [2.45, 2.75) is 13.1 Å². The SMILES string of the molecule is CC(NC(=O)Nc1cocc1C(=O)O)N1CCN(c2ccccc2Cl)CC1. The number of halogens is 1. The van der Waals surface area contributed by atoms with Crippen molar-refractivity contribution in [3.63, 3.8) is 0 Å². The Morgan fingerprint density at radius 3 is 2.56 bits per heavy atom. The molecule has 1 aliphatic heterocycles. The van der Waals surface area contributed by atoms with Crippen molar-refractivity contribution < 1.29 is 19.1 Å². The normalized spacial score (nSPS) is 16.0. The molecule has 1 atom stereocenters. The number of anilines is 2. The number of urea groups is 1. The molecule has 3 N–H and O–H groups in total. The number of aromatic carboxylic acids is 1. The molecule has 1 fully saturated rings. The van der Waals surface area contributed by atoms with Crippen LogP contribution in [0.3, 0.4) is 0 Å². The number of carbonyl (C=O) groups excluding carboxylic acids is 1. The van der Waals surface area contributed by atoms with Crippen LogP contribution in [0.15, 0.2) is 41.2 Å². The maximum atomic E-state index is 12.2. The summed E-state index contributed by atoms with van der Waals surface area (Å²) in [5, 5.41) is 15.1. The fraction of sp³-hybridized carbons (Fsp3) is 0.333. The van der Waals surface area contributed by atoms with Crippen LogP contribution in [-0.4, -0.2) is 54.4 Å². The van der Waals surface area contributed by atoms with Gasteiger partial charge >= 0.3 is 12.0 Å². The highest BCUT2D eigenvalue weighted by atomic mass is 35.5. The Balaban J connectivity index is 1.51. The van der Waals surface area contributed by atoms with Crippen LogP contribution in [0.2, 0.25) is 5.02 Å². The number of furan rings is 1. The van der Waals surface area contributed by atoms with Gasteiger partial charge in [-0.2, -0.15) is 0 Å². The van der Waals surface area contributed by atoms with Crippen LogP contribution in [0, 0.1) is 0 Å². The molecule has 0 spiro atoms. The zero-order valence-corrected chi connectivity index (χ0v) is 15.6. The second-order valence-corrected chi connectivity index (χ2v) is 6.66. The summed E-state index contributed by atoms with van der Waals surface area (Å²) in [7, 11) is 0. The first-order valence-electron chi connectivity index (χ1n) is 8.56. The maximum Gasteiger partial charge on any atom is 0.341 e. The van der Waals surface area contributed by atoms with E-state index in [2.05, 4.69) is 20.4 Å². The predicted molar refractivity (Wildman–Crippen MR) is 103 cm³/mol. The van der Waals surface area contributed by atoms with Crippen molar-refractivity contribution in [1.82, 2.24) is 10.2 Å². The molecule has 1 aromatic carbocycles. The molecule has 1 unspecified atom stereocenters. The number of amides is 2. The number of hydrogen-bond donors (Lipinski definition) is 3. The Morgan fingerprint density at radius 2 is 1.89 bits per heavy atom. The van der Waals surface area contributed by atoms with Gasteiger partial charge in [0.2, 0.25) is 0 Å². The Bertz CT molecular complexity index is 817. The Hall–Kier alpha value is -2.71. The first kappa shape index (κ1) is 19.1. The number of para-hydroxylation sites is 1. The van der Waals surface area contributed by atoms with Gasteiger partial charge in [0.05, 0.1) is 22.6 Å². The van der Waals surface area contributed by atoms with Crippen LogP contribution in [0.5, 0.6) is 0 Å². The summed E-state index contributed by atoms with van der Waals surface area (Å²) in [6.45, 7) is 5.00. The summed E-state index contributed by atoms with van der Waals surface area (Å²) in [6.07, 6.45) is 2.06. The molecule has 1 saturated heterocycles. The summed E-state index contributed by atoms with van der Waals surface area (Å²) < 4.78 is 4.84. The van der Waals surface area contributed by atoms with Crippen LogP contribution in [0.4, 0.5) is 16.2 Å². The van der Waals surface area contributed by atoms with Crippen molar-refractivity contribution >= 4 is 35.0 Å². The van der Waals surface area contributed by atoms with Crippen molar-refractivity contribution in [3.8, 4) is 0 Å². The molecule has 2 aromatic rings. The molecule has 2 heterocycles. The summed E-state index contributed by atoms with van der Waals surface area (Å²) >= 11 is 6.26. The maximum absolute atomic E-state index is 12.2. The minimum Gasteiger partial charge on any atom is -0.477 e. The highest BCUT2D eigenvalue weighted by Gasteiger charge is 2.24. The van der Waals surface area contributed by atoms with Gasteiger partial charge in [-0.1, -0.05) is 23.7 Å². The summed E-state index contributed by atoms with van der Waals surface area (Å²) in [5.41, 5.74) is 1.04. The van der Waals surface area contributed by atoms with Gasteiger partial charge in [-0.3, -0.25) is 4.90 Å². The third-order valence-electron chi connectivity index (χ3n) is 4.54. The van der Waals surface area contributed by atoms with Crippen LogP contribution < -0.4 is 15.5 Å². The molecule has 9 heteroatoms. The molecule has 0 radical (unpaired) electrons. The lowest BCUT2D eigenvalue weighted by Gasteiger charge is -2.39. The molecule has 2 amide bonds. The van der Waals surface area contributed by atoms with Crippen molar-refractivity contribution in [2.24, 2.45) is 0 Å². The summed E-state index contributed by atoms with van der Waals surface area (Å²) in [5.74, 6) is -1.16. The summed E-state index contributed by atoms with van der Waals surface area (Å²) in [6, 6.07) is 7.25. The molecule has 144 valence electrons. The molecule has 0 saturated carbocycles. The van der Waals surface area contributed by atoms with E-state index in [4.69, 9.17) is 21.1 Å². The fourth-order valence-corrected chi connectivity index (χ4v) is 3.31. The third-order valence-corrected chi connectivity index (χ3v) is 4.86. The van der Waals surface area contributed by atoms with E-state index in [9.17, 15) is 9.59 Å². The first-order valence-corrected chi connectivity index (χ1v) is 8.94. The van der Waals surface area contributed by atoms with Gasteiger partial charge in [-0.05, 0) is 19.1 Å². The van der Waals surface area contributed by atoms with Crippen molar-refractivity contribution in [2.75, 3.05) is 36.4 Å². The van der Waals surface area contributed by atoms with Gasteiger partial charge in [0.15, 0.2) is 0 Å². The van der Waals surface area contributed by atoms with E-state index in [0.29, 0.717) is 0 Å². The second-order valence-electron chi connectivity index (χ2n) is 6.25. The van der Waals surface area contributed by atoms with Crippen LogP contribution in [0.25, 0.3) is 0 Å². The Kier molecular flexibility index (Phi) is 5.88. The third kappa shape index (κ3) is 4.53. The van der Waals surface area contributed by atoms with E-state index >= 15 is 0 Å². The number of hydrogen-bond acceptors (Lipinski definition) is 5. The monoisotopic (exact) mass is 392 g/mol. The molecular weight excluding hydrogens is 372 g/mol. The standard InChI is InChI=1S/C18H21ClN4O4/c1-12(20-18(26)21-15-11-27-10-13(15)17(24)25)22-6-8-23(9-7-22)16-5-3-2-4-14(16)19/h2-5,10-12H,6-9H2,1H3,(H,24,25)(H2,20,21,26). The van der Waals surface area contributed by atoms with Gasteiger partial charge < -0.3 is 25.1 Å². The zero-order chi connectivity index (χ0) is 19.4. The molecule has 1 aliphatic rings. The number of rotatable bonds is 5. The van der Waals surface area contributed by atoms with Gasteiger partial charge in [-0.15, -0.1) is 0 Å². The topological polar surface area (TPSA) is 98.0 Å². The minimum atomic E-state index is -1.16. The number of carboxylic acid groups (broad SMARTS) is 1. The molecule has 0 bridgehead atoms. The smallest absolute Gasteiger partial charge is 0.341 e. The highest BCUT2D eigenvalue weighted by Crippen LogP contribution is 2.26. The lowest BCUT2D eigenvalue weighted by atomic mass is 10.2. The highest BCUT2D eigenvalue weighted by molar-refractivity contribution is 6.33. The number of benzene rings is 1. The largest absolute Gasteiger partial charge is 0.477 e. The van der Waals surface area contributed by atoms with Crippen molar-refractivity contribution in [1.29, 1.82) is 0 Å². The Morgan fingerprint density at radius 1 is 1.19 bits per heavy atom. The summed E-state index contributed by atoms with van der Waals surface area (Å²) in [4.78, 5) is 27.6. The molecule has 1 aromatic heterocycles. The van der Waals surface area contributed by atoms with Crippen LogP contribution >= 0.6 is 11.6 Å². The van der Waals surface area contributed by atoms with E-state index < -0.39 is 12.0 Å². The van der Waals surface area contributed by atoms with Crippen molar-refractivity contribution in [3.05, 3.63) is 47.4 Å². The number of piperazine rings is 1. The van der Waals surface area contributed by atoms with Gasteiger partial charge in [0.25, 0.3) is 0 Å². The van der Waals surface area contributed by atoms with Crippen LogP contribution in [-0.2, 0) is 0 Å². The van der Waals surface area contributed by atoms with E-state index in [-0.39, 0.29) is 17.4 Å². The molecule has 3 rings (SSSR count). The lowest BCUT2D eigenvalue weighted by Crippen LogP contribution is -2.55. The molecule has 27 heavy (non-hydrogen) atoms. The molecular formula is C18H21ClN4O4. The van der Waals surface area contributed by atoms with Gasteiger partial charge in [0, 0.05) is 26.2 Å². The average molecular weight is 393 g/mol. The number of carboxylic acids is 1. The quantitative estimate of drug-likeness (QED) is 0.723. The van der Waals surface area contributed by atoms with E-state index in [1.165, 1.54) is 6.26 Å². The minimum absolute atomic E-state index is 0.0915. The molecule has 0 aliphatic carbocycles.